The predicted molar refractivity (Wildman–Crippen MR) is 98.0 cm³/mol. The van der Waals surface area contributed by atoms with Gasteiger partial charge in [-0.2, -0.15) is 5.10 Å². The van der Waals surface area contributed by atoms with Gasteiger partial charge in [0.1, 0.15) is 12.4 Å². The van der Waals surface area contributed by atoms with Crippen molar-refractivity contribution in [1.82, 2.24) is 24.6 Å². The van der Waals surface area contributed by atoms with Crippen molar-refractivity contribution in [3.05, 3.63) is 53.2 Å². The smallest absolute Gasteiger partial charge is 0.252 e. The molecular formula is C18H20N6O2. The number of nitrogens with zero attached hydrogens (tertiary/aromatic N) is 5. The number of hydrogen-bond donors (Lipinski definition) is 1. The highest BCUT2D eigenvalue weighted by molar-refractivity contribution is 5.80. The summed E-state index contributed by atoms with van der Waals surface area (Å²) < 4.78 is 1.70. The van der Waals surface area contributed by atoms with E-state index in [1.54, 1.807) is 4.68 Å². The number of H-pyrrole nitrogens is 1. The van der Waals surface area contributed by atoms with Gasteiger partial charge in [0.15, 0.2) is 0 Å². The van der Waals surface area contributed by atoms with E-state index in [1.807, 2.05) is 40.3 Å². The van der Waals surface area contributed by atoms with Crippen molar-refractivity contribution in [3.63, 3.8) is 0 Å². The maximum atomic E-state index is 12.7. The van der Waals surface area contributed by atoms with Crippen LogP contribution in [0.1, 0.15) is 6.42 Å². The number of carbonyl (C=O) groups is 1. The standard InChI is InChI=1S/C18H20N6O2/c25-17-10-16(19-13-20-17)22-6-3-7-23(9-8-22)18(26)12-24-11-14-4-1-2-5-15(14)21-24/h1-2,4-5,10-11,13H,3,6-9,12H2,(H,19,20,25). The summed E-state index contributed by atoms with van der Waals surface area (Å²) in [5.74, 6) is 0.708. The Balaban J connectivity index is 1.41. The Labute approximate surface area is 150 Å². The molecule has 4 rings (SSSR count). The Morgan fingerprint density at radius 3 is 2.88 bits per heavy atom. The quantitative estimate of drug-likeness (QED) is 0.755. The SMILES string of the molecule is O=C(Cn1cc2ccccc2n1)N1CCCN(c2cc(=O)[nH]cn2)CC1. The molecule has 0 atom stereocenters. The van der Waals surface area contributed by atoms with Crippen molar-refractivity contribution in [3.8, 4) is 0 Å². The fourth-order valence-corrected chi connectivity index (χ4v) is 3.26. The summed E-state index contributed by atoms with van der Waals surface area (Å²) in [6, 6.07) is 9.32. The highest BCUT2D eigenvalue weighted by Gasteiger charge is 2.20. The zero-order chi connectivity index (χ0) is 17.9. The van der Waals surface area contributed by atoms with E-state index in [9.17, 15) is 9.59 Å². The van der Waals surface area contributed by atoms with Crippen LogP contribution in [0.15, 0.2) is 47.7 Å². The van der Waals surface area contributed by atoms with E-state index in [0.717, 1.165) is 23.9 Å². The van der Waals surface area contributed by atoms with Gasteiger partial charge in [0.2, 0.25) is 5.91 Å². The molecule has 0 bridgehead atoms. The maximum absolute atomic E-state index is 12.7. The molecule has 1 amide bonds. The number of fused-ring (bicyclic) bond motifs is 1. The molecule has 0 spiro atoms. The second-order valence-electron chi connectivity index (χ2n) is 6.38. The van der Waals surface area contributed by atoms with Crippen molar-refractivity contribution in [2.75, 3.05) is 31.1 Å². The van der Waals surface area contributed by atoms with Gasteiger partial charge in [-0.3, -0.25) is 14.3 Å². The Morgan fingerprint density at radius 1 is 1.15 bits per heavy atom. The van der Waals surface area contributed by atoms with Crippen molar-refractivity contribution < 1.29 is 4.79 Å². The molecule has 1 aliphatic rings. The lowest BCUT2D eigenvalue weighted by Crippen LogP contribution is -2.37. The highest BCUT2D eigenvalue weighted by Crippen LogP contribution is 2.13. The summed E-state index contributed by atoms with van der Waals surface area (Å²) in [6.45, 7) is 2.96. The van der Waals surface area contributed by atoms with Gasteiger partial charge in [0, 0.05) is 43.8 Å². The number of benzene rings is 1. The third-order valence-corrected chi connectivity index (χ3v) is 4.59. The minimum Gasteiger partial charge on any atom is -0.355 e. The molecule has 0 saturated carbocycles. The summed E-state index contributed by atoms with van der Waals surface area (Å²) in [6.07, 6.45) is 4.15. The number of aromatic nitrogens is 4. The fourth-order valence-electron chi connectivity index (χ4n) is 3.26. The van der Waals surface area contributed by atoms with E-state index in [0.29, 0.717) is 25.5 Å². The number of hydrogen-bond acceptors (Lipinski definition) is 5. The number of anilines is 1. The number of carbonyl (C=O) groups excluding carboxylic acids is 1. The first-order valence-electron chi connectivity index (χ1n) is 8.69. The van der Waals surface area contributed by atoms with Gasteiger partial charge < -0.3 is 14.8 Å². The van der Waals surface area contributed by atoms with Crippen LogP contribution in [0, 0.1) is 0 Å². The second-order valence-corrected chi connectivity index (χ2v) is 6.38. The molecule has 2 aromatic heterocycles. The van der Waals surface area contributed by atoms with E-state index in [2.05, 4.69) is 15.1 Å². The van der Waals surface area contributed by atoms with E-state index < -0.39 is 0 Å². The van der Waals surface area contributed by atoms with Crippen LogP contribution in [-0.2, 0) is 11.3 Å². The topological polar surface area (TPSA) is 87.1 Å². The highest BCUT2D eigenvalue weighted by atomic mass is 16.2. The molecule has 3 heterocycles. The van der Waals surface area contributed by atoms with Crippen LogP contribution in [-0.4, -0.2) is 56.7 Å². The van der Waals surface area contributed by atoms with Crippen LogP contribution in [0.2, 0.25) is 0 Å². The average Bonchev–Trinajstić information content (AvgIpc) is 2.87. The fraction of sp³-hybridized carbons (Fsp3) is 0.333. The Bertz CT molecular complexity index is 946. The molecule has 0 radical (unpaired) electrons. The Kier molecular flexibility index (Phi) is 4.39. The zero-order valence-corrected chi connectivity index (χ0v) is 14.3. The van der Waals surface area contributed by atoms with Gasteiger partial charge >= 0.3 is 0 Å². The van der Waals surface area contributed by atoms with E-state index in [1.165, 1.54) is 12.4 Å². The molecule has 1 N–H and O–H groups in total. The molecule has 8 nitrogen and oxygen atoms in total. The van der Waals surface area contributed by atoms with Crippen LogP contribution in [0.25, 0.3) is 10.9 Å². The molecule has 1 aliphatic heterocycles. The Hall–Kier alpha value is -3.16. The lowest BCUT2D eigenvalue weighted by atomic mass is 10.3. The molecule has 134 valence electrons. The van der Waals surface area contributed by atoms with Crippen molar-refractivity contribution in [1.29, 1.82) is 0 Å². The number of aromatic amines is 1. The van der Waals surface area contributed by atoms with E-state index in [-0.39, 0.29) is 18.0 Å². The first-order chi connectivity index (χ1) is 12.7. The number of amides is 1. The molecule has 1 aromatic carbocycles. The zero-order valence-electron chi connectivity index (χ0n) is 14.3. The number of rotatable bonds is 3. The van der Waals surface area contributed by atoms with Crippen molar-refractivity contribution in [2.45, 2.75) is 13.0 Å². The summed E-state index contributed by atoms with van der Waals surface area (Å²) in [4.78, 5) is 34.8. The number of nitrogens with one attached hydrogen (secondary N) is 1. The molecule has 26 heavy (non-hydrogen) atoms. The van der Waals surface area contributed by atoms with E-state index in [4.69, 9.17) is 0 Å². The molecule has 1 fully saturated rings. The first kappa shape index (κ1) is 16.3. The Morgan fingerprint density at radius 2 is 2.04 bits per heavy atom. The summed E-state index contributed by atoms with van der Waals surface area (Å²) in [5.41, 5.74) is 0.723. The molecule has 3 aromatic rings. The second kappa shape index (κ2) is 6.99. The van der Waals surface area contributed by atoms with Crippen LogP contribution in [0.3, 0.4) is 0 Å². The van der Waals surface area contributed by atoms with Gasteiger partial charge in [0.05, 0.1) is 11.8 Å². The van der Waals surface area contributed by atoms with Crippen LogP contribution in [0.5, 0.6) is 0 Å². The van der Waals surface area contributed by atoms with Crippen molar-refractivity contribution in [2.24, 2.45) is 0 Å². The lowest BCUT2D eigenvalue weighted by molar-refractivity contribution is -0.131. The molecule has 8 heteroatoms. The van der Waals surface area contributed by atoms with Gasteiger partial charge in [-0.15, -0.1) is 0 Å². The third-order valence-electron chi connectivity index (χ3n) is 4.59. The van der Waals surface area contributed by atoms with Crippen molar-refractivity contribution >= 4 is 22.6 Å². The largest absolute Gasteiger partial charge is 0.355 e. The molecule has 0 unspecified atom stereocenters. The molecule has 1 saturated heterocycles. The minimum atomic E-state index is -0.169. The molecular weight excluding hydrogens is 332 g/mol. The third kappa shape index (κ3) is 3.44. The average molecular weight is 352 g/mol. The summed E-state index contributed by atoms with van der Waals surface area (Å²) in [7, 11) is 0. The lowest BCUT2D eigenvalue weighted by Gasteiger charge is -2.22. The summed E-state index contributed by atoms with van der Waals surface area (Å²) >= 11 is 0. The van der Waals surface area contributed by atoms with Gasteiger partial charge in [-0.25, -0.2) is 4.98 Å². The normalized spacial score (nSPS) is 15.2. The maximum Gasteiger partial charge on any atom is 0.252 e. The van der Waals surface area contributed by atoms with Gasteiger partial charge in [-0.1, -0.05) is 18.2 Å². The van der Waals surface area contributed by atoms with Crippen LogP contribution in [0.4, 0.5) is 5.82 Å². The van der Waals surface area contributed by atoms with Crippen LogP contribution >= 0.6 is 0 Å². The molecule has 0 aliphatic carbocycles. The summed E-state index contributed by atoms with van der Waals surface area (Å²) in [5, 5.41) is 5.48. The van der Waals surface area contributed by atoms with Gasteiger partial charge in [0.25, 0.3) is 5.56 Å². The minimum absolute atomic E-state index is 0.0542. The van der Waals surface area contributed by atoms with Crippen LogP contribution < -0.4 is 10.5 Å². The van der Waals surface area contributed by atoms with Gasteiger partial charge in [-0.05, 0) is 12.5 Å². The first-order valence-corrected chi connectivity index (χ1v) is 8.69. The predicted octanol–water partition coefficient (Wildman–Crippen LogP) is 0.858. The monoisotopic (exact) mass is 352 g/mol. The van der Waals surface area contributed by atoms with E-state index >= 15 is 0 Å².